The number of alkyl halides is 2. The van der Waals surface area contributed by atoms with Crippen molar-refractivity contribution in [2.24, 2.45) is 5.73 Å². The molecule has 1 aromatic heterocycles. The Bertz CT molecular complexity index is 967. The van der Waals surface area contributed by atoms with Crippen LogP contribution in [0.3, 0.4) is 0 Å². The van der Waals surface area contributed by atoms with Gasteiger partial charge in [0.1, 0.15) is 5.75 Å². The number of amides is 1. The molecule has 0 aliphatic carbocycles. The number of hydrogen-bond acceptors (Lipinski definition) is 3. The number of carbonyl (C=O) groups excluding carboxylic acids is 1. The molecular formula is C19H18F2N2O3. The Morgan fingerprint density at radius 2 is 1.96 bits per heavy atom. The first-order chi connectivity index (χ1) is 12.4. The number of phenols is 1. The maximum absolute atomic E-state index is 12.6. The van der Waals surface area contributed by atoms with Gasteiger partial charge in [-0.05, 0) is 29.3 Å². The minimum atomic E-state index is -2.42. The quantitative estimate of drug-likeness (QED) is 0.630. The Hall–Kier alpha value is -2.93. The summed E-state index contributed by atoms with van der Waals surface area (Å²) in [7, 11) is 0. The number of hydrogen-bond donors (Lipinski definition) is 3. The Kier molecular flexibility index (Phi) is 4.90. The molecular weight excluding hydrogens is 342 g/mol. The highest BCUT2D eigenvalue weighted by molar-refractivity contribution is 6.00. The van der Waals surface area contributed by atoms with E-state index in [1.807, 2.05) is 0 Å². The third kappa shape index (κ3) is 3.39. The van der Waals surface area contributed by atoms with Gasteiger partial charge < -0.3 is 20.5 Å². The Morgan fingerprint density at radius 3 is 2.62 bits per heavy atom. The normalized spacial score (nSPS) is 11.4. The molecule has 136 valence electrons. The zero-order chi connectivity index (χ0) is 18.8. The molecule has 0 spiro atoms. The molecule has 0 saturated carbocycles. The summed E-state index contributed by atoms with van der Waals surface area (Å²) in [5.74, 6) is -0.974. The van der Waals surface area contributed by atoms with E-state index in [-0.39, 0.29) is 30.9 Å². The summed E-state index contributed by atoms with van der Waals surface area (Å²) in [6, 6.07) is 9.78. The number of aromatic nitrogens is 1. The molecule has 0 bridgehead atoms. The predicted molar refractivity (Wildman–Crippen MR) is 94.1 cm³/mol. The average Bonchev–Trinajstić information content (AvgIpc) is 2.98. The first-order valence-corrected chi connectivity index (χ1v) is 8.04. The Morgan fingerprint density at radius 1 is 1.19 bits per heavy atom. The van der Waals surface area contributed by atoms with Gasteiger partial charge in [0.05, 0.1) is 12.2 Å². The molecule has 0 atom stereocenters. The van der Waals surface area contributed by atoms with Crippen LogP contribution in [0.1, 0.15) is 22.3 Å². The molecule has 26 heavy (non-hydrogen) atoms. The lowest BCUT2D eigenvalue weighted by atomic mass is 10.0. The highest BCUT2D eigenvalue weighted by Gasteiger charge is 2.15. The summed E-state index contributed by atoms with van der Waals surface area (Å²) in [4.78, 5) is 11.5. The highest BCUT2D eigenvalue weighted by atomic mass is 19.3. The van der Waals surface area contributed by atoms with Gasteiger partial charge in [-0.25, -0.2) is 8.78 Å². The van der Waals surface area contributed by atoms with Crippen LogP contribution in [0, 0.1) is 0 Å². The van der Waals surface area contributed by atoms with E-state index in [1.165, 1.54) is 12.1 Å². The minimum Gasteiger partial charge on any atom is -0.507 e. The molecule has 3 aromatic rings. The molecule has 0 radical (unpaired) electrons. The van der Waals surface area contributed by atoms with Gasteiger partial charge in [-0.3, -0.25) is 4.79 Å². The number of nitrogens with zero attached hydrogens (tertiary/aromatic N) is 1. The monoisotopic (exact) mass is 360 g/mol. The molecule has 1 heterocycles. The van der Waals surface area contributed by atoms with Crippen molar-refractivity contribution in [3.8, 4) is 16.9 Å². The number of nitrogens with two attached hydrogens (primary N) is 1. The highest BCUT2D eigenvalue weighted by Crippen LogP contribution is 2.34. The fourth-order valence-corrected chi connectivity index (χ4v) is 2.99. The number of fused-ring (bicyclic) bond motifs is 1. The van der Waals surface area contributed by atoms with Crippen LogP contribution in [0.5, 0.6) is 5.75 Å². The molecule has 4 N–H and O–H groups in total. The molecule has 0 saturated heterocycles. The van der Waals surface area contributed by atoms with Crippen molar-refractivity contribution in [2.45, 2.75) is 26.0 Å². The Labute approximate surface area is 148 Å². The predicted octanol–water partition coefficient (Wildman–Crippen LogP) is 3.26. The largest absolute Gasteiger partial charge is 0.507 e. The zero-order valence-electron chi connectivity index (χ0n) is 13.8. The lowest BCUT2D eigenvalue weighted by molar-refractivity contribution is 0.0997. The second-order valence-corrected chi connectivity index (χ2v) is 6.02. The van der Waals surface area contributed by atoms with E-state index in [9.17, 15) is 23.8 Å². The third-order valence-corrected chi connectivity index (χ3v) is 4.29. The van der Waals surface area contributed by atoms with Crippen molar-refractivity contribution in [1.82, 2.24) is 4.57 Å². The van der Waals surface area contributed by atoms with Crippen molar-refractivity contribution in [1.29, 1.82) is 0 Å². The average molecular weight is 360 g/mol. The Balaban J connectivity index is 2.17. The van der Waals surface area contributed by atoms with Crippen LogP contribution in [0.2, 0.25) is 0 Å². The van der Waals surface area contributed by atoms with Crippen molar-refractivity contribution in [2.75, 3.05) is 0 Å². The summed E-state index contributed by atoms with van der Waals surface area (Å²) in [5, 5.41) is 19.9. The lowest BCUT2D eigenvalue weighted by Gasteiger charge is -2.05. The standard InChI is InChI=1S/C19H18F2N2O3/c20-18(21)5-6-23-9-15(13-3-1-11(10-24)7-16(13)23)12-2-4-17(25)14(8-12)19(22)26/h1-4,7-9,18,24-25H,5-6,10H2,(H2,22,26). The van der Waals surface area contributed by atoms with Gasteiger partial charge in [-0.2, -0.15) is 0 Å². The zero-order valence-corrected chi connectivity index (χ0v) is 13.8. The number of rotatable bonds is 6. The van der Waals surface area contributed by atoms with Crippen LogP contribution < -0.4 is 5.73 Å². The number of aliphatic hydroxyl groups excluding tert-OH is 1. The van der Waals surface area contributed by atoms with Gasteiger partial charge in [-0.15, -0.1) is 0 Å². The summed E-state index contributed by atoms with van der Waals surface area (Å²) in [6.07, 6.45) is -0.993. The molecule has 7 heteroatoms. The second kappa shape index (κ2) is 7.13. The lowest BCUT2D eigenvalue weighted by Crippen LogP contribution is -2.11. The number of aryl methyl sites for hydroxylation is 1. The first-order valence-electron chi connectivity index (χ1n) is 8.04. The molecule has 5 nitrogen and oxygen atoms in total. The van der Waals surface area contributed by atoms with E-state index in [1.54, 1.807) is 35.0 Å². The summed E-state index contributed by atoms with van der Waals surface area (Å²) < 4.78 is 27.0. The SMILES string of the molecule is NC(=O)c1cc(-c2cn(CCC(F)F)c3cc(CO)ccc23)ccc1O. The van der Waals surface area contributed by atoms with Crippen molar-refractivity contribution in [3.05, 3.63) is 53.7 Å². The summed E-state index contributed by atoms with van der Waals surface area (Å²) >= 11 is 0. The fourth-order valence-electron chi connectivity index (χ4n) is 2.99. The van der Waals surface area contributed by atoms with Gasteiger partial charge in [0, 0.05) is 35.6 Å². The van der Waals surface area contributed by atoms with Crippen molar-refractivity contribution in [3.63, 3.8) is 0 Å². The van der Waals surface area contributed by atoms with E-state index >= 15 is 0 Å². The van der Waals surface area contributed by atoms with Gasteiger partial charge in [0.2, 0.25) is 6.43 Å². The van der Waals surface area contributed by atoms with Gasteiger partial charge in [0.25, 0.3) is 5.91 Å². The van der Waals surface area contributed by atoms with Crippen LogP contribution >= 0.6 is 0 Å². The van der Waals surface area contributed by atoms with Gasteiger partial charge >= 0.3 is 0 Å². The van der Waals surface area contributed by atoms with Crippen LogP contribution in [0.25, 0.3) is 22.0 Å². The maximum atomic E-state index is 12.6. The van der Waals surface area contributed by atoms with E-state index < -0.39 is 12.3 Å². The number of aliphatic hydroxyl groups is 1. The van der Waals surface area contributed by atoms with Crippen LogP contribution in [-0.2, 0) is 13.2 Å². The number of aromatic hydroxyl groups is 1. The third-order valence-electron chi connectivity index (χ3n) is 4.29. The molecule has 2 aromatic carbocycles. The van der Waals surface area contributed by atoms with Crippen LogP contribution in [0.4, 0.5) is 8.78 Å². The van der Waals surface area contributed by atoms with Crippen molar-refractivity contribution >= 4 is 16.8 Å². The molecule has 0 unspecified atom stereocenters. The fraction of sp³-hybridized carbons (Fsp3) is 0.211. The summed E-state index contributed by atoms with van der Waals surface area (Å²) in [5.41, 5.74) is 8.01. The molecule has 0 aliphatic heterocycles. The van der Waals surface area contributed by atoms with Crippen molar-refractivity contribution < 1.29 is 23.8 Å². The smallest absolute Gasteiger partial charge is 0.252 e. The van der Waals surface area contributed by atoms with E-state index in [2.05, 4.69) is 0 Å². The van der Waals surface area contributed by atoms with Crippen LogP contribution in [0.15, 0.2) is 42.6 Å². The number of halogens is 2. The van der Waals surface area contributed by atoms with Gasteiger partial charge in [-0.1, -0.05) is 18.2 Å². The molecule has 0 fully saturated rings. The van der Waals surface area contributed by atoms with E-state index in [0.717, 1.165) is 10.9 Å². The molecule has 0 aliphatic rings. The number of benzene rings is 2. The van der Waals surface area contributed by atoms with E-state index in [4.69, 9.17) is 5.73 Å². The molecule has 3 rings (SSSR count). The number of carbonyl (C=O) groups is 1. The minimum absolute atomic E-state index is 0.0111. The topological polar surface area (TPSA) is 88.5 Å². The van der Waals surface area contributed by atoms with Crippen LogP contribution in [-0.4, -0.2) is 27.1 Å². The number of primary amides is 1. The van der Waals surface area contributed by atoms with Gasteiger partial charge in [0.15, 0.2) is 0 Å². The molecule has 1 amide bonds. The first kappa shape index (κ1) is 17.9. The second-order valence-electron chi connectivity index (χ2n) is 6.02. The summed E-state index contributed by atoms with van der Waals surface area (Å²) in [6.45, 7) is -0.0415. The van der Waals surface area contributed by atoms with E-state index in [0.29, 0.717) is 16.6 Å². The maximum Gasteiger partial charge on any atom is 0.252 e.